The van der Waals surface area contributed by atoms with E-state index in [9.17, 15) is 0 Å². The summed E-state index contributed by atoms with van der Waals surface area (Å²) in [5.41, 5.74) is 5.69. The van der Waals surface area contributed by atoms with E-state index in [1.807, 2.05) is 0 Å². The van der Waals surface area contributed by atoms with Crippen LogP contribution in [0.3, 0.4) is 0 Å². The zero-order valence-corrected chi connectivity index (χ0v) is 47.6. The van der Waals surface area contributed by atoms with Gasteiger partial charge in [0, 0.05) is 118 Å². The quantitative estimate of drug-likeness (QED) is 0.0523. The predicted octanol–water partition coefficient (Wildman–Crippen LogP) is 2.08. The maximum Gasteiger partial charge on any atom is 0.346 e. The molecule has 0 saturated carbocycles. The highest BCUT2D eigenvalue weighted by atomic mass is 32.2. The number of rotatable bonds is 21. The maximum absolute atomic E-state index is 7.37. The third-order valence-corrected chi connectivity index (χ3v) is 25.1. The van der Waals surface area contributed by atoms with Crippen molar-refractivity contribution in [2.75, 3.05) is 113 Å². The molecule has 0 bridgehead atoms. The Bertz CT molecular complexity index is 2190. The normalized spacial score (nSPS) is 28.3. The number of hydrogen-bond acceptors (Lipinski definition) is 16. The average Bonchev–Trinajstić information content (AvgIpc) is 3.41. The second-order valence-corrected chi connectivity index (χ2v) is 30.3. The molecule has 2 saturated heterocycles. The number of benzene rings is 2. The average molecular weight is 1070 g/mol. The van der Waals surface area contributed by atoms with Gasteiger partial charge in [-0.1, -0.05) is 81.4 Å². The van der Waals surface area contributed by atoms with Crippen LogP contribution in [0.4, 0.5) is 0 Å². The van der Waals surface area contributed by atoms with E-state index in [2.05, 4.69) is 173 Å². The summed E-state index contributed by atoms with van der Waals surface area (Å²) in [5, 5.41) is 29.4. The molecule has 400 valence electrons. The van der Waals surface area contributed by atoms with Crippen molar-refractivity contribution in [3.63, 3.8) is 0 Å². The van der Waals surface area contributed by atoms with Gasteiger partial charge in [-0.15, -0.1) is 0 Å². The number of fused-ring (bicyclic) bond motifs is 2. The Labute approximate surface area is 450 Å². The first kappa shape index (κ1) is 53.1. The van der Waals surface area contributed by atoms with E-state index < -0.39 is 8.32 Å². The molecule has 2 aromatic carbocycles. The van der Waals surface area contributed by atoms with Gasteiger partial charge in [0.2, 0.25) is 0 Å². The monoisotopic (exact) mass is 1070 g/mol. The van der Waals surface area contributed by atoms with Crippen molar-refractivity contribution in [2.45, 2.75) is 126 Å². The van der Waals surface area contributed by atoms with E-state index >= 15 is 0 Å². The molecule has 8 aliphatic heterocycles. The van der Waals surface area contributed by atoms with E-state index in [0.29, 0.717) is 55.4 Å². The largest absolute Gasteiger partial charge is 0.404 e. The summed E-state index contributed by atoms with van der Waals surface area (Å²) in [6.45, 7) is 19.2. The summed E-state index contributed by atoms with van der Waals surface area (Å²) < 4.78 is 12.4. The van der Waals surface area contributed by atoms with Crippen LogP contribution in [0.15, 0.2) is 70.6 Å². The standard InChI is InChI=1S/C54H86N14OS3Si/c1-54(2,3)73(48-10-6-4-7-11-48,49-12-8-5-9-13-49)69-33-41-15-25-66-27-17-43(60-51(66)58-41)35-71-37-45-19-29-68-31-21-47(64-53(68)62-45)39-72-38-46-20-30-67-28-18-44(61-52(67)63-46)36-70-34-42-16-26-65-24-14-40(32-56-23-22-55)57-50(65)59-42/h4-13,40-47,56H,14-39,55H2,1-3H3,(H4,57,58,59,60,61,62,63,64)/p+2/t40-,41-,42-,43-,44-,45-,46-,47-/m1/s1. The fraction of sp³-hybridized carbons (Fsp3) is 0.704. The molecule has 8 atom stereocenters. The number of hydrogen-bond donors (Lipinski definition) is 8. The minimum atomic E-state index is -2.59. The molecular weight excluding hydrogens is 985 g/mol. The van der Waals surface area contributed by atoms with Crippen LogP contribution in [0, 0.1) is 0 Å². The summed E-state index contributed by atoms with van der Waals surface area (Å²) in [6.07, 6.45) is 9.30. The lowest BCUT2D eigenvalue weighted by atomic mass is 10.1. The summed E-state index contributed by atoms with van der Waals surface area (Å²) in [5.74, 6) is 11.4. The maximum atomic E-state index is 7.37. The zero-order chi connectivity index (χ0) is 50.0. The molecule has 19 heteroatoms. The second-order valence-electron chi connectivity index (χ2n) is 22.8. The minimum Gasteiger partial charge on any atom is -0.404 e. The van der Waals surface area contributed by atoms with Gasteiger partial charge in [-0.05, 0) is 41.1 Å². The molecule has 0 radical (unpaired) electrons. The summed E-state index contributed by atoms with van der Waals surface area (Å²) in [7, 11) is -2.59. The number of aliphatic imine (C=N–C) groups is 2. The van der Waals surface area contributed by atoms with Crippen LogP contribution in [0.1, 0.15) is 72.1 Å². The van der Waals surface area contributed by atoms with Gasteiger partial charge in [-0.3, -0.25) is 30.4 Å². The summed E-state index contributed by atoms with van der Waals surface area (Å²) in [4.78, 5) is 15.6. The van der Waals surface area contributed by atoms with Gasteiger partial charge in [-0.2, -0.15) is 35.3 Å². The molecule has 73 heavy (non-hydrogen) atoms. The molecule has 8 heterocycles. The fourth-order valence-electron chi connectivity index (χ4n) is 12.1. The number of nitrogens with zero attached hydrogens (tertiary/aromatic N) is 6. The van der Waals surface area contributed by atoms with Crippen molar-refractivity contribution in [3.05, 3.63) is 60.7 Å². The molecule has 8 aliphatic rings. The summed E-state index contributed by atoms with van der Waals surface area (Å²) in [6, 6.07) is 25.5. The lowest BCUT2D eigenvalue weighted by Crippen LogP contribution is -2.68. The first-order chi connectivity index (χ1) is 35.7. The molecule has 9 N–H and O–H groups in total. The lowest BCUT2D eigenvalue weighted by molar-refractivity contribution is -0.542. The van der Waals surface area contributed by atoms with Gasteiger partial charge in [0.25, 0.3) is 8.32 Å². The van der Waals surface area contributed by atoms with Crippen LogP contribution in [-0.4, -0.2) is 213 Å². The molecule has 2 aromatic rings. The van der Waals surface area contributed by atoms with E-state index in [-0.39, 0.29) is 11.1 Å². The summed E-state index contributed by atoms with van der Waals surface area (Å²) >= 11 is 6.26. The highest BCUT2D eigenvalue weighted by Crippen LogP contribution is 2.37. The second kappa shape index (κ2) is 25.2. The predicted molar refractivity (Wildman–Crippen MR) is 312 cm³/mol. The number of nitrogens with one attached hydrogen (secondary N) is 7. The Balaban J connectivity index is 0.628. The van der Waals surface area contributed by atoms with Crippen molar-refractivity contribution in [3.8, 4) is 0 Å². The molecule has 0 aliphatic carbocycles. The highest BCUT2D eigenvalue weighted by molar-refractivity contribution is 7.99. The van der Waals surface area contributed by atoms with Gasteiger partial charge < -0.3 is 35.9 Å². The van der Waals surface area contributed by atoms with E-state index in [4.69, 9.17) is 20.1 Å². The van der Waals surface area contributed by atoms with Crippen LogP contribution in [-0.2, 0) is 4.43 Å². The van der Waals surface area contributed by atoms with Gasteiger partial charge in [0.1, 0.15) is 0 Å². The number of guanidine groups is 4. The zero-order valence-electron chi connectivity index (χ0n) is 44.2. The van der Waals surface area contributed by atoms with Crippen molar-refractivity contribution >= 4 is 77.8 Å². The van der Waals surface area contributed by atoms with Crippen LogP contribution in [0.2, 0.25) is 5.04 Å². The molecule has 15 nitrogen and oxygen atoms in total. The minimum absolute atomic E-state index is 0.0327. The van der Waals surface area contributed by atoms with E-state index in [1.165, 1.54) is 54.4 Å². The highest BCUT2D eigenvalue weighted by Gasteiger charge is 2.51. The van der Waals surface area contributed by atoms with Crippen molar-refractivity contribution in [1.82, 2.24) is 47.0 Å². The van der Waals surface area contributed by atoms with Crippen LogP contribution < -0.4 is 53.3 Å². The van der Waals surface area contributed by atoms with E-state index in [1.54, 1.807) is 0 Å². The van der Waals surface area contributed by atoms with Gasteiger partial charge in [-0.25, -0.2) is 9.98 Å². The third-order valence-electron chi connectivity index (χ3n) is 16.3. The third kappa shape index (κ3) is 13.4. The topological polar surface area (TPSA) is 157 Å². The number of thioether (sulfide) groups is 3. The molecule has 2 fully saturated rings. The van der Waals surface area contributed by atoms with Gasteiger partial charge in [0.15, 0.2) is 11.9 Å². The Morgan fingerprint density at radius 1 is 0.575 bits per heavy atom. The van der Waals surface area contributed by atoms with Crippen LogP contribution in [0.5, 0.6) is 0 Å². The van der Waals surface area contributed by atoms with Crippen LogP contribution >= 0.6 is 35.3 Å². The molecule has 0 amide bonds. The lowest BCUT2D eigenvalue weighted by Gasteiger charge is -2.44. The molecule has 0 spiro atoms. The Morgan fingerprint density at radius 3 is 1.49 bits per heavy atom. The molecule has 10 rings (SSSR count). The van der Waals surface area contributed by atoms with Crippen molar-refractivity contribution in [2.24, 2.45) is 15.7 Å². The molecule has 0 aromatic heterocycles. The van der Waals surface area contributed by atoms with Crippen molar-refractivity contribution in [1.29, 1.82) is 0 Å². The van der Waals surface area contributed by atoms with Crippen LogP contribution in [0.25, 0.3) is 0 Å². The smallest absolute Gasteiger partial charge is 0.346 e. The van der Waals surface area contributed by atoms with Crippen molar-refractivity contribution < 1.29 is 13.6 Å². The first-order valence-corrected chi connectivity index (χ1v) is 33.4. The molecule has 0 unspecified atom stereocenters. The number of nitrogens with two attached hydrogens (primary N) is 1. The Kier molecular flexibility index (Phi) is 18.3. The fourth-order valence-corrected chi connectivity index (χ4v) is 20.3. The van der Waals surface area contributed by atoms with Gasteiger partial charge in [0.05, 0.1) is 69.0 Å². The SMILES string of the molecule is CC(C)(C)[Si](OC[C@H]1CC[N+]2=C(N1)N[C@@H](CSC[C@H]1CCN3CC[C@H](CSC[C@H]4CCN5CC[C@H](CSC[C@H]6CC[N+]7=C(N[C@@H](CNCCN)CC7)N6)N=C5N4)NC3=N1)CC2)(c1ccccc1)c1ccccc1. The van der Waals surface area contributed by atoms with E-state index in [0.717, 1.165) is 131 Å². The molecular formula is C54H88N14OS3Si+2. The first-order valence-electron chi connectivity index (χ1n) is 28.1. The Morgan fingerprint density at radius 2 is 1.00 bits per heavy atom. The Hall–Kier alpha value is -3.33. The van der Waals surface area contributed by atoms with Gasteiger partial charge >= 0.3 is 11.9 Å².